The first-order valence-corrected chi connectivity index (χ1v) is 6.83. The molecule has 0 aliphatic heterocycles. The maximum atomic E-state index is 11.9. The fourth-order valence-electron chi connectivity index (χ4n) is 1.90. The maximum absolute atomic E-state index is 11.9. The third-order valence-electron chi connectivity index (χ3n) is 2.99. The highest BCUT2D eigenvalue weighted by molar-refractivity contribution is 7.09. The molecule has 19 heavy (non-hydrogen) atoms. The number of nitrogen functional groups attached to an aromatic ring is 1. The maximum Gasteiger partial charge on any atom is 0.262 e. The fourth-order valence-corrected chi connectivity index (χ4v) is 2.89. The van der Waals surface area contributed by atoms with E-state index in [0.717, 1.165) is 10.6 Å². The monoisotopic (exact) mass is 281 g/mol. The Balaban J connectivity index is 2.34. The molecule has 2 heterocycles. The molecule has 4 N–H and O–H groups in total. The predicted octanol–water partition coefficient (Wildman–Crippen LogP) is -0.0990. The van der Waals surface area contributed by atoms with E-state index in [0.29, 0.717) is 24.4 Å². The van der Waals surface area contributed by atoms with Crippen molar-refractivity contribution in [2.75, 3.05) is 12.3 Å². The van der Waals surface area contributed by atoms with Gasteiger partial charge in [-0.05, 0) is 6.92 Å². The highest BCUT2D eigenvalue weighted by atomic mass is 32.1. The van der Waals surface area contributed by atoms with Crippen LogP contribution in [0.4, 0.5) is 5.82 Å². The molecular formula is C12H17N4O2S+. The van der Waals surface area contributed by atoms with Crippen LogP contribution < -0.4 is 15.9 Å². The minimum atomic E-state index is -0.202. The number of thiazole rings is 1. The first-order valence-electron chi connectivity index (χ1n) is 5.95. The molecule has 2 aromatic heterocycles. The van der Waals surface area contributed by atoms with Crippen molar-refractivity contribution in [3.8, 4) is 0 Å². The SMILES string of the molecule is Cc1nc(N)c(C[n+]2csc(CCO)c2C)c(=O)[nH]1. The second-order valence-electron chi connectivity index (χ2n) is 4.35. The van der Waals surface area contributed by atoms with E-state index in [-0.39, 0.29) is 18.0 Å². The quantitative estimate of drug-likeness (QED) is 0.682. The van der Waals surface area contributed by atoms with Gasteiger partial charge in [-0.3, -0.25) is 4.79 Å². The van der Waals surface area contributed by atoms with Crippen molar-refractivity contribution in [1.29, 1.82) is 0 Å². The summed E-state index contributed by atoms with van der Waals surface area (Å²) < 4.78 is 1.95. The molecule has 2 aromatic rings. The third-order valence-corrected chi connectivity index (χ3v) is 4.13. The number of aryl methyl sites for hydroxylation is 1. The number of hydrogen-bond donors (Lipinski definition) is 3. The van der Waals surface area contributed by atoms with Crippen LogP contribution in [-0.4, -0.2) is 21.7 Å². The van der Waals surface area contributed by atoms with E-state index in [1.807, 2.05) is 17.0 Å². The number of anilines is 1. The molecule has 0 unspecified atom stereocenters. The van der Waals surface area contributed by atoms with E-state index in [2.05, 4.69) is 9.97 Å². The van der Waals surface area contributed by atoms with Crippen molar-refractivity contribution in [2.24, 2.45) is 0 Å². The number of nitrogens with one attached hydrogen (secondary N) is 1. The Morgan fingerprint density at radius 1 is 1.53 bits per heavy atom. The van der Waals surface area contributed by atoms with Crippen LogP contribution in [0.1, 0.15) is 22.0 Å². The average molecular weight is 281 g/mol. The summed E-state index contributed by atoms with van der Waals surface area (Å²) in [6.45, 7) is 4.18. The molecule has 0 spiro atoms. The third kappa shape index (κ3) is 2.82. The van der Waals surface area contributed by atoms with Crippen LogP contribution in [0, 0.1) is 13.8 Å². The number of aliphatic hydroxyl groups is 1. The minimum Gasteiger partial charge on any atom is -0.396 e. The number of hydrogen-bond acceptors (Lipinski definition) is 5. The van der Waals surface area contributed by atoms with Gasteiger partial charge >= 0.3 is 0 Å². The Bertz CT molecular complexity index is 648. The average Bonchev–Trinajstić information content (AvgIpc) is 2.66. The van der Waals surface area contributed by atoms with Gasteiger partial charge in [0.05, 0.1) is 4.88 Å². The number of aromatic nitrogens is 3. The van der Waals surface area contributed by atoms with Gasteiger partial charge in [-0.1, -0.05) is 11.3 Å². The second kappa shape index (κ2) is 5.50. The Kier molecular flexibility index (Phi) is 3.96. The zero-order valence-corrected chi connectivity index (χ0v) is 11.8. The smallest absolute Gasteiger partial charge is 0.262 e. The van der Waals surface area contributed by atoms with Crippen molar-refractivity contribution in [3.05, 3.63) is 37.8 Å². The first-order chi connectivity index (χ1) is 9.02. The number of nitrogens with zero attached hydrogens (tertiary/aromatic N) is 2. The van der Waals surface area contributed by atoms with Crippen LogP contribution in [0.2, 0.25) is 0 Å². The topological polar surface area (TPSA) is 95.9 Å². The Hall–Kier alpha value is -1.73. The van der Waals surface area contributed by atoms with Gasteiger partial charge in [-0.25, -0.2) is 4.98 Å². The molecule has 0 saturated heterocycles. The number of aliphatic hydroxyl groups excluding tert-OH is 1. The van der Waals surface area contributed by atoms with E-state index in [9.17, 15) is 4.79 Å². The van der Waals surface area contributed by atoms with Gasteiger partial charge in [0.25, 0.3) is 5.56 Å². The highest BCUT2D eigenvalue weighted by Crippen LogP contribution is 2.12. The highest BCUT2D eigenvalue weighted by Gasteiger charge is 2.19. The summed E-state index contributed by atoms with van der Waals surface area (Å²) in [6, 6.07) is 0. The summed E-state index contributed by atoms with van der Waals surface area (Å²) in [5.41, 5.74) is 9.04. The zero-order valence-electron chi connectivity index (χ0n) is 10.9. The lowest BCUT2D eigenvalue weighted by atomic mass is 10.2. The van der Waals surface area contributed by atoms with Crippen LogP contribution in [0.5, 0.6) is 0 Å². The summed E-state index contributed by atoms with van der Waals surface area (Å²) in [7, 11) is 0. The van der Waals surface area contributed by atoms with Crippen molar-refractivity contribution in [3.63, 3.8) is 0 Å². The van der Waals surface area contributed by atoms with Crippen LogP contribution >= 0.6 is 11.3 Å². The molecule has 0 amide bonds. The summed E-state index contributed by atoms with van der Waals surface area (Å²) in [4.78, 5) is 19.7. The number of aromatic amines is 1. The van der Waals surface area contributed by atoms with E-state index >= 15 is 0 Å². The van der Waals surface area contributed by atoms with Crippen molar-refractivity contribution in [1.82, 2.24) is 9.97 Å². The number of rotatable bonds is 4. The first kappa shape index (κ1) is 13.7. The lowest BCUT2D eigenvalue weighted by Crippen LogP contribution is -2.38. The summed E-state index contributed by atoms with van der Waals surface area (Å²) >= 11 is 1.56. The predicted molar refractivity (Wildman–Crippen MR) is 73.1 cm³/mol. The molecule has 2 rings (SSSR count). The molecule has 0 saturated carbocycles. The van der Waals surface area contributed by atoms with E-state index in [1.54, 1.807) is 18.3 Å². The van der Waals surface area contributed by atoms with Gasteiger partial charge in [0.1, 0.15) is 17.2 Å². The summed E-state index contributed by atoms with van der Waals surface area (Å²) in [5, 5.41) is 8.97. The van der Waals surface area contributed by atoms with Crippen LogP contribution in [0.25, 0.3) is 0 Å². The van der Waals surface area contributed by atoms with Gasteiger partial charge in [0.15, 0.2) is 12.2 Å². The normalized spacial score (nSPS) is 10.9. The minimum absolute atomic E-state index is 0.121. The molecule has 102 valence electrons. The Morgan fingerprint density at radius 3 is 2.89 bits per heavy atom. The van der Waals surface area contributed by atoms with Crippen molar-refractivity contribution >= 4 is 17.2 Å². The van der Waals surface area contributed by atoms with E-state index < -0.39 is 0 Å². The second-order valence-corrected chi connectivity index (χ2v) is 5.29. The van der Waals surface area contributed by atoms with Crippen molar-refractivity contribution in [2.45, 2.75) is 26.8 Å². The zero-order chi connectivity index (χ0) is 14.0. The van der Waals surface area contributed by atoms with Gasteiger partial charge in [-0.15, -0.1) is 0 Å². The molecule has 0 aliphatic carbocycles. The standard InChI is InChI=1S/C12H16N4O2S/c1-7-10(3-4-17)19-6-16(7)5-9-11(13)14-8(2)15-12(9)18/h6,17H,3-5H2,1-2H3,(H2-,13,14,15,18)/p+1. The Labute approximate surface area is 114 Å². The van der Waals surface area contributed by atoms with Crippen molar-refractivity contribution < 1.29 is 9.67 Å². The molecule has 0 radical (unpaired) electrons. The van der Waals surface area contributed by atoms with Crippen LogP contribution in [-0.2, 0) is 13.0 Å². The van der Waals surface area contributed by atoms with Gasteiger partial charge in [0.2, 0.25) is 5.51 Å². The molecule has 0 fully saturated rings. The molecular weight excluding hydrogens is 264 g/mol. The molecule has 6 nitrogen and oxygen atoms in total. The van der Waals surface area contributed by atoms with Gasteiger partial charge < -0.3 is 15.8 Å². The largest absolute Gasteiger partial charge is 0.396 e. The van der Waals surface area contributed by atoms with Gasteiger partial charge in [0, 0.05) is 20.0 Å². The van der Waals surface area contributed by atoms with Gasteiger partial charge in [-0.2, -0.15) is 4.57 Å². The number of H-pyrrole nitrogens is 1. The lowest BCUT2D eigenvalue weighted by Gasteiger charge is -2.02. The van der Waals surface area contributed by atoms with E-state index in [4.69, 9.17) is 10.8 Å². The van der Waals surface area contributed by atoms with E-state index in [1.165, 1.54) is 0 Å². The lowest BCUT2D eigenvalue weighted by molar-refractivity contribution is -0.689. The van der Waals surface area contributed by atoms with Crippen LogP contribution in [0.15, 0.2) is 10.3 Å². The molecule has 0 aliphatic rings. The molecule has 7 heteroatoms. The fraction of sp³-hybridized carbons (Fsp3) is 0.417. The molecule has 0 bridgehead atoms. The molecule has 0 aromatic carbocycles. The Morgan fingerprint density at radius 2 is 2.26 bits per heavy atom. The molecule has 0 atom stereocenters. The summed E-state index contributed by atoms with van der Waals surface area (Å²) in [6.07, 6.45) is 0.626. The number of nitrogens with two attached hydrogens (primary N) is 1. The summed E-state index contributed by atoms with van der Waals surface area (Å²) in [5.74, 6) is 0.780. The van der Waals surface area contributed by atoms with Crippen LogP contribution in [0.3, 0.4) is 0 Å².